The van der Waals surface area contributed by atoms with Crippen molar-refractivity contribution in [2.75, 3.05) is 44.2 Å². The van der Waals surface area contributed by atoms with Crippen molar-refractivity contribution in [1.82, 2.24) is 14.8 Å². The molecule has 3 aromatic rings. The van der Waals surface area contributed by atoms with Crippen molar-refractivity contribution in [2.45, 2.75) is 57.4 Å². The second-order valence-corrected chi connectivity index (χ2v) is 10.5. The third-order valence-corrected chi connectivity index (χ3v) is 7.97. The highest BCUT2D eigenvalue weighted by Crippen LogP contribution is 2.28. The second kappa shape index (κ2) is 12.0. The summed E-state index contributed by atoms with van der Waals surface area (Å²) in [6.07, 6.45) is 11.2. The van der Waals surface area contributed by atoms with Crippen LogP contribution in [0, 0.1) is 5.82 Å². The zero-order chi connectivity index (χ0) is 24.7. The quantitative estimate of drug-likeness (QED) is 0.396. The van der Waals surface area contributed by atoms with Crippen LogP contribution < -0.4 is 4.90 Å². The monoisotopic (exact) mass is 490 g/mol. The van der Waals surface area contributed by atoms with E-state index in [4.69, 9.17) is 0 Å². The normalized spacial score (nSPS) is 18.0. The van der Waals surface area contributed by atoms with Crippen LogP contribution in [0.2, 0.25) is 0 Å². The van der Waals surface area contributed by atoms with Gasteiger partial charge >= 0.3 is 0 Å². The Balaban J connectivity index is 1.07. The van der Waals surface area contributed by atoms with Gasteiger partial charge in [-0.15, -0.1) is 0 Å². The average Bonchev–Trinajstić information content (AvgIpc) is 3.31. The Kier molecular flexibility index (Phi) is 8.34. The fourth-order valence-electron chi connectivity index (χ4n) is 5.93. The van der Waals surface area contributed by atoms with Gasteiger partial charge < -0.3 is 14.8 Å². The van der Waals surface area contributed by atoms with Crippen LogP contribution >= 0.6 is 0 Å². The predicted octanol–water partition coefficient (Wildman–Crippen LogP) is 5.61. The number of nitrogens with one attached hydrogen (secondary N) is 1. The zero-order valence-corrected chi connectivity index (χ0v) is 21.3. The summed E-state index contributed by atoms with van der Waals surface area (Å²) in [5, 5.41) is 1.01. The molecular weight excluding hydrogens is 451 g/mol. The van der Waals surface area contributed by atoms with E-state index < -0.39 is 0 Å². The molecule has 0 radical (unpaired) electrons. The van der Waals surface area contributed by atoms with E-state index in [1.54, 1.807) is 6.07 Å². The lowest BCUT2D eigenvalue weighted by Crippen LogP contribution is -2.52. The molecule has 192 valence electrons. The molecule has 1 aromatic heterocycles. The van der Waals surface area contributed by atoms with Crippen molar-refractivity contribution in [3.63, 3.8) is 0 Å². The Morgan fingerprint density at radius 3 is 2.47 bits per heavy atom. The van der Waals surface area contributed by atoms with E-state index >= 15 is 0 Å². The Hall–Kier alpha value is -2.70. The number of halogens is 1. The molecule has 1 amide bonds. The SMILES string of the molecule is O=C(CN1CCN(CCCCc2c[nH]c3ccc(F)cc23)CC1)N(c1ccccc1)C1CCCCC1. The number of nitrogens with zero attached hydrogens (tertiary/aromatic N) is 3. The molecule has 1 saturated carbocycles. The maximum atomic E-state index is 13.6. The number of amides is 1. The molecule has 0 atom stereocenters. The first-order valence-corrected chi connectivity index (χ1v) is 13.7. The zero-order valence-electron chi connectivity index (χ0n) is 21.3. The van der Waals surface area contributed by atoms with Gasteiger partial charge in [0.25, 0.3) is 0 Å². The van der Waals surface area contributed by atoms with Gasteiger partial charge in [-0.2, -0.15) is 0 Å². The summed E-state index contributed by atoms with van der Waals surface area (Å²) in [5.74, 6) is 0.0713. The predicted molar refractivity (Wildman–Crippen MR) is 145 cm³/mol. The number of hydrogen-bond acceptors (Lipinski definition) is 3. The van der Waals surface area contributed by atoms with E-state index in [1.165, 1.54) is 30.9 Å². The first kappa shape index (κ1) is 25.0. The minimum atomic E-state index is -0.176. The summed E-state index contributed by atoms with van der Waals surface area (Å²) < 4.78 is 13.6. The highest BCUT2D eigenvalue weighted by molar-refractivity contribution is 5.95. The standard InChI is InChI=1S/C30H39FN4O/c31-25-14-15-29-28(21-25)24(22-32-29)9-7-8-16-33-17-19-34(20-18-33)23-30(36)35(26-10-3-1-4-11-26)27-12-5-2-6-13-27/h1,3-4,10-11,14-15,21-22,27,32H,2,5-9,12-13,16-20,23H2. The van der Waals surface area contributed by atoms with Gasteiger partial charge in [-0.25, -0.2) is 4.39 Å². The summed E-state index contributed by atoms with van der Waals surface area (Å²) in [6, 6.07) is 15.5. The minimum Gasteiger partial charge on any atom is -0.361 e. The molecule has 2 aliphatic rings. The lowest BCUT2D eigenvalue weighted by Gasteiger charge is -2.38. The summed E-state index contributed by atoms with van der Waals surface area (Å²) in [7, 11) is 0. The number of piperazine rings is 1. The number of rotatable bonds is 9. The fourth-order valence-corrected chi connectivity index (χ4v) is 5.93. The van der Waals surface area contributed by atoms with Crippen LogP contribution in [0.5, 0.6) is 0 Å². The van der Waals surface area contributed by atoms with Crippen LogP contribution in [0.25, 0.3) is 10.9 Å². The van der Waals surface area contributed by atoms with Crippen LogP contribution in [-0.2, 0) is 11.2 Å². The average molecular weight is 491 g/mol. The number of para-hydroxylation sites is 1. The first-order chi connectivity index (χ1) is 17.7. The van der Waals surface area contributed by atoms with Gasteiger partial charge in [0.15, 0.2) is 0 Å². The fraction of sp³-hybridized carbons (Fsp3) is 0.500. The van der Waals surface area contributed by atoms with Crippen molar-refractivity contribution in [2.24, 2.45) is 0 Å². The lowest BCUT2D eigenvalue weighted by molar-refractivity contribution is -0.120. The third kappa shape index (κ3) is 6.16. The lowest BCUT2D eigenvalue weighted by atomic mass is 9.93. The van der Waals surface area contributed by atoms with Crippen LogP contribution in [0.4, 0.5) is 10.1 Å². The van der Waals surface area contributed by atoms with Gasteiger partial charge in [-0.1, -0.05) is 37.5 Å². The van der Waals surface area contributed by atoms with Crippen LogP contribution in [0.15, 0.2) is 54.7 Å². The number of carbonyl (C=O) groups is 1. The number of aromatic nitrogens is 1. The van der Waals surface area contributed by atoms with Gasteiger partial charge in [-0.3, -0.25) is 9.69 Å². The van der Waals surface area contributed by atoms with Crippen molar-refractivity contribution >= 4 is 22.5 Å². The number of unbranched alkanes of at least 4 members (excludes halogenated alkanes) is 1. The molecular formula is C30H39FN4O. The molecule has 2 aromatic carbocycles. The number of aromatic amines is 1. The Morgan fingerprint density at radius 1 is 0.944 bits per heavy atom. The van der Waals surface area contributed by atoms with Crippen molar-refractivity contribution in [3.05, 3.63) is 66.1 Å². The van der Waals surface area contributed by atoms with Crippen LogP contribution in [0.1, 0.15) is 50.5 Å². The topological polar surface area (TPSA) is 42.6 Å². The number of fused-ring (bicyclic) bond motifs is 1. The maximum Gasteiger partial charge on any atom is 0.241 e. The largest absolute Gasteiger partial charge is 0.361 e. The van der Waals surface area contributed by atoms with Gasteiger partial charge in [0, 0.05) is 55.0 Å². The van der Waals surface area contributed by atoms with Gasteiger partial charge in [-0.05, 0) is 74.5 Å². The molecule has 5 nitrogen and oxygen atoms in total. The van der Waals surface area contributed by atoms with E-state index in [0.717, 1.165) is 81.4 Å². The Bertz CT molecular complexity index is 1120. The van der Waals surface area contributed by atoms with Crippen LogP contribution in [-0.4, -0.2) is 66.0 Å². The molecule has 6 heteroatoms. The molecule has 1 aliphatic heterocycles. The van der Waals surface area contributed by atoms with Gasteiger partial charge in [0.05, 0.1) is 6.54 Å². The molecule has 2 fully saturated rings. The molecule has 5 rings (SSSR count). The molecule has 0 spiro atoms. The molecule has 1 N–H and O–H groups in total. The number of carbonyl (C=O) groups excluding carboxylic acids is 1. The molecule has 0 bridgehead atoms. The van der Waals surface area contributed by atoms with E-state index in [2.05, 4.69) is 31.8 Å². The number of anilines is 1. The van der Waals surface area contributed by atoms with E-state index in [1.807, 2.05) is 30.5 Å². The van der Waals surface area contributed by atoms with Crippen LogP contribution in [0.3, 0.4) is 0 Å². The number of H-pyrrole nitrogens is 1. The first-order valence-electron chi connectivity index (χ1n) is 13.7. The smallest absolute Gasteiger partial charge is 0.241 e. The van der Waals surface area contributed by atoms with E-state index in [0.29, 0.717) is 12.6 Å². The molecule has 36 heavy (non-hydrogen) atoms. The van der Waals surface area contributed by atoms with E-state index in [9.17, 15) is 9.18 Å². The van der Waals surface area contributed by atoms with Crippen molar-refractivity contribution < 1.29 is 9.18 Å². The molecule has 2 heterocycles. The Labute approximate surface area is 214 Å². The summed E-state index contributed by atoms with van der Waals surface area (Å²) in [5.41, 5.74) is 3.26. The van der Waals surface area contributed by atoms with E-state index in [-0.39, 0.29) is 11.7 Å². The van der Waals surface area contributed by atoms with Crippen molar-refractivity contribution in [3.8, 4) is 0 Å². The summed E-state index contributed by atoms with van der Waals surface area (Å²) in [6.45, 7) is 5.51. The molecule has 0 unspecified atom stereocenters. The third-order valence-electron chi connectivity index (χ3n) is 7.97. The summed E-state index contributed by atoms with van der Waals surface area (Å²) >= 11 is 0. The highest BCUT2D eigenvalue weighted by Gasteiger charge is 2.28. The van der Waals surface area contributed by atoms with Gasteiger partial charge in [0.2, 0.25) is 5.91 Å². The van der Waals surface area contributed by atoms with Crippen molar-refractivity contribution in [1.29, 1.82) is 0 Å². The van der Waals surface area contributed by atoms with Gasteiger partial charge in [0.1, 0.15) is 5.82 Å². The summed E-state index contributed by atoms with van der Waals surface area (Å²) in [4.78, 5) is 23.7. The molecule has 1 aliphatic carbocycles. The maximum absolute atomic E-state index is 13.6. The number of hydrogen-bond donors (Lipinski definition) is 1. The number of benzene rings is 2. The molecule has 1 saturated heterocycles. The number of aryl methyl sites for hydroxylation is 1. The highest BCUT2D eigenvalue weighted by atomic mass is 19.1. The minimum absolute atomic E-state index is 0.176. The second-order valence-electron chi connectivity index (χ2n) is 10.5. The Morgan fingerprint density at radius 2 is 1.69 bits per heavy atom.